The monoisotopic (exact) mass is 266 g/mol. The molecular formula is C8H9BrF2N2O. The first-order valence-electron chi connectivity index (χ1n) is 3.84. The van der Waals surface area contributed by atoms with E-state index in [1.165, 1.54) is 19.3 Å². The molecule has 0 amide bonds. The molecule has 14 heavy (non-hydrogen) atoms. The molecule has 0 aliphatic carbocycles. The molecule has 6 heteroatoms. The lowest BCUT2D eigenvalue weighted by Gasteiger charge is -2.28. The Hall–Kier alpha value is -0.620. The van der Waals surface area contributed by atoms with E-state index < -0.39 is 10.4 Å². The second kappa shape index (κ2) is 3.51. The van der Waals surface area contributed by atoms with Crippen LogP contribution >= 0.6 is 15.9 Å². The molecule has 3 nitrogen and oxygen atoms in total. The highest BCUT2D eigenvalue weighted by molar-refractivity contribution is 9.10. The van der Waals surface area contributed by atoms with Gasteiger partial charge >= 0.3 is 4.83 Å². The van der Waals surface area contributed by atoms with E-state index in [2.05, 4.69) is 25.9 Å². The van der Waals surface area contributed by atoms with E-state index in [1.807, 2.05) is 0 Å². The Morgan fingerprint density at radius 3 is 2.29 bits per heavy atom. The van der Waals surface area contributed by atoms with Crippen molar-refractivity contribution in [2.24, 2.45) is 0 Å². The summed E-state index contributed by atoms with van der Waals surface area (Å²) in [5, 5.41) is 9.60. The zero-order valence-electron chi connectivity index (χ0n) is 7.63. The number of hydrogen-bond donors (Lipinski definition) is 1. The van der Waals surface area contributed by atoms with E-state index >= 15 is 0 Å². The number of nitrogens with zero attached hydrogens (tertiary/aromatic N) is 2. The van der Waals surface area contributed by atoms with Crippen LogP contribution in [0.2, 0.25) is 0 Å². The fourth-order valence-electron chi connectivity index (χ4n) is 1.02. The highest BCUT2D eigenvalue weighted by Crippen LogP contribution is 2.41. The molecule has 0 aromatic carbocycles. The third-order valence-corrected chi connectivity index (χ3v) is 2.67. The smallest absolute Gasteiger partial charge is 0.334 e. The summed E-state index contributed by atoms with van der Waals surface area (Å²) in [5.74, 6) is 0. The molecule has 1 N–H and O–H groups in total. The first kappa shape index (κ1) is 11.5. The van der Waals surface area contributed by atoms with Gasteiger partial charge in [-0.3, -0.25) is 9.97 Å². The van der Waals surface area contributed by atoms with Crippen molar-refractivity contribution in [2.75, 3.05) is 0 Å². The number of alkyl halides is 3. The van der Waals surface area contributed by atoms with Gasteiger partial charge < -0.3 is 5.11 Å². The molecule has 0 saturated heterocycles. The predicted molar refractivity (Wildman–Crippen MR) is 50.2 cm³/mol. The van der Waals surface area contributed by atoms with E-state index in [9.17, 15) is 13.9 Å². The zero-order chi connectivity index (χ0) is 11.0. The lowest BCUT2D eigenvalue weighted by atomic mass is 10.0. The molecule has 0 aliphatic heterocycles. The Bertz CT molecular complexity index is 338. The summed E-state index contributed by atoms with van der Waals surface area (Å²) < 4.78 is 25.9. The van der Waals surface area contributed by atoms with Gasteiger partial charge in [0.15, 0.2) is 5.60 Å². The molecule has 1 rings (SSSR count). The van der Waals surface area contributed by atoms with Crippen LogP contribution in [0.4, 0.5) is 8.78 Å². The second-order valence-electron chi connectivity index (χ2n) is 3.06. The van der Waals surface area contributed by atoms with Crippen LogP contribution in [0, 0.1) is 6.92 Å². The minimum atomic E-state index is -3.44. The Balaban J connectivity index is 3.23. The van der Waals surface area contributed by atoms with E-state index in [-0.39, 0.29) is 11.4 Å². The van der Waals surface area contributed by atoms with Gasteiger partial charge in [-0.25, -0.2) is 0 Å². The topological polar surface area (TPSA) is 46.0 Å². The number of rotatable bonds is 2. The molecule has 0 aliphatic rings. The van der Waals surface area contributed by atoms with Gasteiger partial charge in [-0.1, -0.05) is 0 Å². The van der Waals surface area contributed by atoms with Gasteiger partial charge in [0, 0.05) is 12.4 Å². The summed E-state index contributed by atoms with van der Waals surface area (Å²) in [5.41, 5.74) is -2.23. The Labute approximate surface area is 88.3 Å². The van der Waals surface area contributed by atoms with Crippen molar-refractivity contribution in [2.45, 2.75) is 24.3 Å². The van der Waals surface area contributed by atoms with E-state index in [1.54, 1.807) is 0 Å². The van der Waals surface area contributed by atoms with Crippen LogP contribution in [0.15, 0.2) is 12.4 Å². The van der Waals surface area contributed by atoms with Gasteiger partial charge in [-0.2, -0.15) is 8.78 Å². The molecular weight excluding hydrogens is 258 g/mol. The third kappa shape index (κ3) is 1.90. The van der Waals surface area contributed by atoms with Gasteiger partial charge in [-0.15, -0.1) is 0 Å². The summed E-state index contributed by atoms with van der Waals surface area (Å²) in [6.07, 6.45) is 2.64. The molecule has 1 unspecified atom stereocenters. The van der Waals surface area contributed by atoms with Crippen molar-refractivity contribution in [3.05, 3.63) is 23.8 Å². The maximum Gasteiger partial charge on any atom is 0.334 e. The SMILES string of the molecule is Cc1nccnc1C(C)(O)C(F)(F)Br. The first-order valence-corrected chi connectivity index (χ1v) is 4.63. The molecule has 1 aromatic heterocycles. The quantitative estimate of drug-likeness (QED) is 0.833. The second-order valence-corrected chi connectivity index (χ2v) is 4.06. The molecule has 1 heterocycles. The van der Waals surface area contributed by atoms with Crippen molar-refractivity contribution < 1.29 is 13.9 Å². The van der Waals surface area contributed by atoms with Crippen LogP contribution in [0.3, 0.4) is 0 Å². The lowest BCUT2D eigenvalue weighted by Crippen LogP contribution is -2.39. The number of aryl methyl sites for hydroxylation is 1. The Kier molecular flexibility index (Phi) is 2.87. The standard InChI is InChI=1S/C8H9BrF2N2O/c1-5-6(13-4-3-12-5)7(2,14)8(9,10)11/h3-4,14H,1-2H3. The molecule has 0 saturated carbocycles. The Morgan fingerprint density at radius 2 is 1.86 bits per heavy atom. The van der Waals surface area contributed by atoms with Crippen molar-refractivity contribution in [1.29, 1.82) is 0 Å². The fourth-order valence-corrected chi connectivity index (χ4v) is 1.21. The summed E-state index contributed by atoms with van der Waals surface area (Å²) >= 11 is 2.12. The van der Waals surface area contributed by atoms with Gasteiger partial charge in [-0.05, 0) is 29.8 Å². The summed E-state index contributed by atoms with van der Waals surface area (Å²) in [7, 11) is 0. The van der Waals surface area contributed by atoms with Crippen molar-refractivity contribution in [3.63, 3.8) is 0 Å². The number of halogens is 3. The molecule has 0 radical (unpaired) electrons. The summed E-state index contributed by atoms with van der Waals surface area (Å²) in [6.45, 7) is 2.49. The fraction of sp³-hybridized carbons (Fsp3) is 0.500. The molecule has 0 bridgehead atoms. The highest BCUT2D eigenvalue weighted by Gasteiger charge is 2.50. The summed E-state index contributed by atoms with van der Waals surface area (Å²) in [4.78, 5) is 4.03. The highest BCUT2D eigenvalue weighted by atomic mass is 79.9. The van der Waals surface area contributed by atoms with Gasteiger partial charge in [0.2, 0.25) is 0 Å². The van der Waals surface area contributed by atoms with Crippen molar-refractivity contribution in [3.8, 4) is 0 Å². The third-order valence-electron chi connectivity index (χ3n) is 1.89. The first-order chi connectivity index (χ1) is 6.27. The maximum atomic E-state index is 13.0. The van der Waals surface area contributed by atoms with Gasteiger partial charge in [0.05, 0.1) is 5.69 Å². The van der Waals surface area contributed by atoms with E-state index in [0.717, 1.165) is 6.92 Å². The molecule has 0 spiro atoms. The maximum absolute atomic E-state index is 13.0. The van der Waals surface area contributed by atoms with Crippen LogP contribution in [-0.2, 0) is 5.60 Å². The van der Waals surface area contributed by atoms with Crippen LogP contribution < -0.4 is 0 Å². The lowest BCUT2D eigenvalue weighted by molar-refractivity contribution is -0.112. The van der Waals surface area contributed by atoms with Crippen molar-refractivity contribution in [1.82, 2.24) is 9.97 Å². The Morgan fingerprint density at radius 1 is 1.36 bits per heavy atom. The average Bonchev–Trinajstić information content (AvgIpc) is 2.02. The van der Waals surface area contributed by atoms with Crippen LogP contribution in [0.5, 0.6) is 0 Å². The van der Waals surface area contributed by atoms with E-state index in [4.69, 9.17) is 0 Å². The van der Waals surface area contributed by atoms with Gasteiger partial charge in [0.1, 0.15) is 5.69 Å². The van der Waals surface area contributed by atoms with E-state index in [0.29, 0.717) is 0 Å². The predicted octanol–water partition coefficient (Wildman–Crippen LogP) is 1.98. The normalized spacial score (nSPS) is 16.4. The average molecular weight is 267 g/mol. The molecule has 0 fully saturated rings. The largest absolute Gasteiger partial charge is 0.377 e. The van der Waals surface area contributed by atoms with Crippen molar-refractivity contribution >= 4 is 15.9 Å². The summed E-state index contributed by atoms with van der Waals surface area (Å²) in [6, 6.07) is 0. The number of aromatic nitrogens is 2. The molecule has 1 atom stereocenters. The minimum Gasteiger partial charge on any atom is -0.377 e. The molecule has 78 valence electrons. The van der Waals surface area contributed by atoms with Crippen LogP contribution in [-0.4, -0.2) is 19.9 Å². The number of aliphatic hydroxyl groups is 1. The minimum absolute atomic E-state index is 0.137. The number of hydrogen-bond acceptors (Lipinski definition) is 3. The molecule has 1 aromatic rings. The van der Waals surface area contributed by atoms with Crippen LogP contribution in [0.25, 0.3) is 0 Å². The zero-order valence-corrected chi connectivity index (χ0v) is 9.22. The van der Waals surface area contributed by atoms with Crippen LogP contribution in [0.1, 0.15) is 18.3 Å². The van der Waals surface area contributed by atoms with Gasteiger partial charge in [0.25, 0.3) is 0 Å².